The number of pyridine rings is 2. The topological polar surface area (TPSA) is 160 Å². The van der Waals surface area contributed by atoms with Crippen molar-refractivity contribution in [1.29, 1.82) is 0 Å². The third-order valence-corrected chi connectivity index (χ3v) is 15.9. The zero-order valence-electron chi connectivity index (χ0n) is 36.1. The zero-order valence-corrected chi connectivity index (χ0v) is 37.8. The summed E-state index contributed by atoms with van der Waals surface area (Å²) >= 11 is 0. The second-order valence-corrected chi connectivity index (χ2v) is 19.8. The van der Waals surface area contributed by atoms with Gasteiger partial charge in [-0.25, -0.2) is 16.8 Å². The molecular formula is C49H52N6O8S2. The molecule has 2 aliphatic rings. The van der Waals surface area contributed by atoms with E-state index >= 15 is 0 Å². The van der Waals surface area contributed by atoms with Gasteiger partial charge in [-0.2, -0.15) is 8.61 Å². The molecule has 338 valence electrons. The number of methoxy groups -OCH3 is 2. The first kappa shape index (κ1) is 45.1. The van der Waals surface area contributed by atoms with Crippen molar-refractivity contribution in [2.75, 3.05) is 50.2 Å². The van der Waals surface area contributed by atoms with Crippen LogP contribution >= 0.6 is 0 Å². The van der Waals surface area contributed by atoms with E-state index in [0.29, 0.717) is 66.1 Å². The first-order valence-corrected chi connectivity index (χ1v) is 24.3. The number of amides is 2. The fourth-order valence-electron chi connectivity index (χ4n) is 8.50. The summed E-state index contributed by atoms with van der Waals surface area (Å²) in [6, 6.07) is 34.1. The van der Waals surface area contributed by atoms with E-state index in [0.717, 1.165) is 11.1 Å². The Labute approximate surface area is 381 Å². The minimum atomic E-state index is -3.81. The van der Waals surface area contributed by atoms with Gasteiger partial charge in [-0.1, -0.05) is 24.3 Å². The van der Waals surface area contributed by atoms with Crippen molar-refractivity contribution in [2.45, 2.75) is 54.0 Å². The molecule has 2 fully saturated rings. The fraction of sp³-hybridized carbons (Fsp3) is 0.265. The minimum Gasteiger partial charge on any atom is -0.497 e. The van der Waals surface area contributed by atoms with Gasteiger partial charge in [0.05, 0.1) is 47.8 Å². The Morgan fingerprint density at radius 1 is 0.554 bits per heavy atom. The van der Waals surface area contributed by atoms with Crippen LogP contribution in [0.15, 0.2) is 156 Å². The lowest BCUT2D eigenvalue weighted by atomic mass is 10.0. The standard InChI is InChI=1S/C49H50N6O8S2.H2/c1-62-44-15-11-38(12-16-44)48(56)54(42-5-3-27-50-34-42)40-23-29-52(30-24-40)64(58,59)46-19-7-36(8-20-46)33-37-9-21-47(22-10-37)65(60,61)53-31-25-41(26-32-53)55(43-6-4-28-51-35-43)49(57)39-13-17-45(63-2)18-14-39;/h3-22,27-28,34-35,40-41H,23-26,29-33H2,1-2H3;1H. The molecule has 65 heavy (non-hydrogen) atoms. The van der Waals surface area contributed by atoms with Crippen molar-refractivity contribution < 1.29 is 37.3 Å². The molecular weight excluding hydrogens is 865 g/mol. The largest absolute Gasteiger partial charge is 0.497 e. The average Bonchev–Trinajstić information content (AvgIpc) is 3.35. The number of sulfonamides is 2. The molecule has 8 rings (SSSR count). The predicted molar refractivity (Wildman–Crippen MR) is 249 cm³/mol. The van der Waals surface area contributed by atoms with Crippen molar-refractivity contribution in [1.82, 2.24) is 18.6 Å². The number of carbonyl (C=O) groups excluding carboxylic acids is 2. The smallest absolute Gasteiger partial charge is 0.258 e. The van der Waals surface area contributed by atoms with E-state index in [4.69, 9.17) is 9.47 Å². The Bertz CT molecular complexity index is 2600. The summed E-state index contributed by atoms with van der Waals surface area (Å²) in [7, 11) is -4.50. The van der Waals surface area contributed by atoms with Crippen LogP contribution in [0.3, 0.4) is 0 Å². The van der Waals surface area contributed by atoms with Crippen LogP contribution in [0.2, 0.25) is 0 Å². The molecule has 0 aliphatic carbocycles. The van der Waals surface area contributed by atoms with E-state index in [-0.39, 0.29) is 61.3 Å². The molecule has 4 aromatic carbocycles. The zero-order chi connectivity index (χ0) is 45.6. The molecule has 2 aliphatic heterocycles. The molecule has 2 amide bonds. The molecule has 16 heteroatoms. The molecule has 4 heterocycles. The molecule has 0 bridgehead atoms. The van der Waals surface area contributed by atoms with Crippen molar-refractivity contribution in [3.63, 3.8) is 0 Å². The van der Waals surface area contributed by atoms with Gasteiger partial charge in [-0.3, -0.25) is 19.6 Å². The number of hydrogen-bond acceptors (Lipinski definition) is 10. The lowest BCUT2D eigenvalue weighted by molar-refractivity contribution is 0.0959. The highest BCUT2D eigenvalue weighted by Crippen LogP contribution is 2.31. The number of rotatable bonds is 14. The van der Waals surface area contributed by atoms with Gasteiger partial charge in [0, 0.05) is 63.2 Å². The molecule has 0 spiro atoms. The van der Waals surface area contributed by atoms with E-state index < -0.39 is 20.0 Å². The number of aromatic nitrogens is 2. The number of benzene rings is 4. The highest BCUT2D eigenvalue weighted by molar-refractivity contribution is 7.89. The van der Waals surface area contributed by atoms with Gasteiger partial charge >= 0.3 is 0 Å². The molecule has 0 unspecified atom stereocenters. The third kappa shape index (κ3) is 9.95. The van der Waals surface area contributed by atoms with E-state index in [1.165, 1.54) is 8.61 Å². The van der Waals surface area contributed by atoms with Crippen LogP contribution in [0.4, 0.5) is 11.4 Å². The summed E-state index contributed by atoms with van der Waals surface area (Å²) in [5.74, 6) is 0.882. The van der Waals surface area contributed by atoms with Crippen molar-refractivity contribution in [2.24, 2.45) is 0 Å². The van der Waals surface area contributed by atoms with Crippen LogP contribution in [-0.4, -0.2) is 99.7 Å². The number of nitrogens with zero attached hydrogens (tertiary/aromatic N) is 6. The Kier molecular flexibility index (Phi) is 13.7. The normalized spacial score (nSPS) is 15.5. The number of anilines is 2. The molecule has 0 saturated carbocycles. The van der Waals surface area contributed by atoms with Crippen molar-refractivity contribution in [3.05, 3.63) is 168 Å². The van der Waals surface area contributed by atoms with Crippen LogP contribution in [-0.2, 0) is 26.5 Å². The second kappa shape index (κ2) is 19.7. The van der Waals surface area contributed by atoms with E-state index in [1.54, 1.807) is 158 Å². The molecule has 6 aromatic rings. The molecule has 0 N–H and O–H groups in total. The third-order valence-electron chi connectivity index (χ3n) is 12.1. The van der Waals surface area contributed by atoms with Crippen LogP contribution in [0.25, 0.3) is 0 Å². The maximum atomic E-state index is 13.8. The number of carbonyl (C=O) groups is 2. The summed E-state index contributed by atoms with van der Waals surface area (Å²) in [4.78, 5) is 39.9. The van der Waals surface area contributed by atoms with Gasteiger partial charge in [0.1, 0.15) is 11.5 Å². The van der Waals surface area contributed by atoms with E-state index in [1.807, 2.05) is 12.1 Å². The molecule has 0 atom stereocenters. The Hall–Kier alpha value is -6.46. The highest BCUT2D eigenvalue weighted by atomic mass is 32.2. The number of hydrogen-bond donors (Lipinski definition) is 0. The first-order valence-electron chi connectivity index (χ1n) is 21.4. The molecule has 2 aromatic heterocycles. The number of ether oxygens (including phenoxy) is 2. The summed E-state index contributed by atoms with van der Waals surface area (Å²) in [6.07, 6.45) is 8.80. The quantitative estimate of drug-likeness (QED) is 0.108. The van der Waals surface area contributed by atoms with Gasteiger partial charge in [0.2, 0.25) is 20.0 Å². The SMILES string of the molecule is COc1ccc(C(=O)N(c2cccnc2)C2CCN(S(=O)(=O)c3ccc(Cc4ccc(S(=O)(=O)N5CCC(N(C(=O)c6ccc(OC)cc6)c6cccnc6)CC5)cc4)cc3)CC2)cc1.[HH]. The Balaban J connectivity index is 0.00000648. The minimum absolute atomic E-state index is 0. The van der Waals surface area contributed by atoms with E-state index in [2.05, 4.69) is 9.97 Å². The summed E-state index contributed by atoms with van der Waals surface area (Å²) in [5, 5.41) is 0. The Morgan fingerprint density at radius 3 is 1.22 bits per heavy atom. The predicted octanol–water partition coefficient (Wildman–Crippen LogP) is 7.33. The number of piperidine rings is 2. The monoisotopic (exact) mass is 916 g/mol. The van der Waals surface area contributed by atoms with Crippen LogP contribution in [0.5, 0.6) is 11.5 Å². The molecule has 0 radical (unpaired) electrons. The van der Waals surface area contributed by atoms with Crippen molar-refractivity contribution in [3.8, 4) is 11.5 Å². The second-order valence-electron chi connectivity index (χ2n) is 16.0. The van der Waals surface area contributed by atoms with Gasteiger partial charge in [-0.15, -0.1) is 0 Å². The van der Waals surface area contributed by atoms with Crippen LogP contribution < -0.4 is 19.3 Å². The summed E-state index contributed by atoms with van der Waals surface area (Å²) < 4.78 is 68.8. The Morgan fingerprint density at radius 2 is 0.908 bits per heavy atom. The molecule has 14 nitrogen and oxygen atoms in total. The average molecular weight is 917 g/mol. The lowest BCUT2D eigenvalue weighted by Gasteiger charge is -2.38. The van der Waals surface area contributed by atoms with E-state index in [9.17, 15) is 26.4 Å². The first-order chi connectivity index (χ1) is 31.5. The van der Waals surface area contributed by atoms with Gasteiger partial charge in [0.25, 0.3) is 11.8 Å². The van der Waals surface area contributed by atoms with Gasteiger partial charge < -0.3 is 19.3 Å². The van der Waals surface area contributed by atoms with Crippen LogP contribution in [0.1, 0.15) is 59.0 Å². The van der Waals surface area contributed by atoms with Gasteiger partial charge in [0.15, 0.2) is 0 Å². The highest BCUT2D eigenvalue weighted by Gasteiger charge is 2.36. The maximum absolute atomic E-state index is 13.8. The summed E-state index contributed by atoms with van der Waals surface area (Å²) in [6.45, 7) is 0.955. The molecule has 2 saturated heterocycles. The van der Waals surface area contributed by atoms with Crippen molar-refractivity contribution >= 4 is 43.2 Å². The van der Waals surface area contributed by atoms with Gasteiger partial charge in [-0.05, 0) is 140 Å². The van der Waals surface area contributed by atoms with Crippen LogP contribution in [0, 0.1) is 0 Å². The summed E-state index contributed by atoms with van der Waals surface area (Å²) in [5.41, 5.74) is 4.00. The maximum Gasteiger partial charge on any atom is 0.258 e. The fourth-order valence-corrected chi connectivity index (χ4v) is 11.4. The lowest BCUT2D eigenvalue weighted by Crippen LogP contribution is -2.49.